The number of carbonyl (C=O) groups is 2. The van der Waals surface area contributed by atoms with Gasteiger partial charge in [-0.05, 0) is 12.1 Å². The summed E-state index contributed by atoms with van der Waals surface area (Å²) >= 11 is 7.12. The Morgan fingerprint density at radius 1 is 1.53 bits per heavy atom. The Hall–Kier alpha value is -1.31. The van der Waals surface area contributed by atoms with Crippen LogP contribution < -0.4 is 5.32 Å². The molecule has 1 fully saturated rings. The molecule has 1 saturated heterocycles. The van der Waals surface area contributed by atoms with E-state index in [4.69, 9.17) is 16.7 Å². The molecule has 0 aromatic carbocycles. The molecule has 2 amide bonds. The zero-order valence-corrected chi connectivity index (χ0v) is 11.4. The van der Waals surface area contributed by atoms with E-state index in [0.717, 1.165) is 9.78 Å². The van der Waals surface area contributed by atoms with Crippen molar-refractivity contribution in [1.29, 1.82) is 0 Å². The summed E-state index contributed by atoms with van der Waals surface area (Å²) < 4.78 is 0.629. The van der Waals surface area contributed by atoms with Gasteiger partial charge in [0, 0.05) is 17.8 Å². The predicted molar refractivity (Wildman–Crippen MR) is 70.3 cm³/mol. The Balaban J connectivity index is 1.93. The minimum absolute atomic E-state index is 0.0357. The summed E-state index contributed by atoms with van der Waals surface area (Å²) in [6.45, 7) is 0.323. The van der Waals surface area contributed by atoms with Gasteiger partial charge in [-0.2, -0.15) is 0 Å². The molecule has 2 atom stereocenters. The van der Waals surface area contributed by atoms with Crippen LogP contribution in [-0.4, -0.2) is 45.8 Å². The van der Waals surface area contributed by atoms with Gasteiger partial charge in [0.15, 0.2) is 0 Å². The summed E-state index contributed by atoms with van der Waals surface area (Å²) in [5, 5.41) is 21.1. The second kappa shape index (κ2) is 5.77. The molecule has 0 bridgehead atoms. The van der Waals surface area contributed by atoms with Crippen molar-refractivity contribution < 1.29 is 19.8 Å². The van der Waals surface area contributed by atoms with E-state index >= 15 is 0 Å². The first-order valence-corrected chi connectivity index (χ1v) is 6.86. The van der Waals surface area contributed by atoms with Gasteiger partial charge in [-0.3, -0.25) is 0 Å². The topological polar surface area (TPSA) is 89.9 Å². The number of carbonyl (C=O) groups excluding carboxylic acids is 1. The normalized spacial score (nSPS) is 22.5. The predicted octanol–water partition coefficient (Wildman–Crippen LogP) is 1.13. The molecule has 104 valence electrons. The van der Waals surface area contributed by atoms with E-state index in [-0.39, 0.29) is 19.5 Å². The maximum Gasteiger partial charge on any atom is 0.326 e. The number of aliphatic hydroxyl groups excluding tert-OH is 1. The van der Waals surface area contributed by atoms with Crippen molar-refractivity contribution in [3.05, 3.63) is 21.3 Å². The maximum absolute atomic E-state index is 11.9. The summed E-state index contributed by atoms with van der Waals surface area (Å²) in [7, 11) is 0. The summed E-state index contributed by atoms with van der Waals surface area (Å²) in [5.41, 5.74) is 0. The lowest BCUT2D eigenvalue weighted by atomic mass is 10.2. The number of β-amino-alcohol motifs (C(OH)–C–C–N with tert-alkyl or cyclic N) is 1. The Kier molecular flexibility index (Phi) is 4.28. The van der Waals surface area contributed by atoms with Crippen molar-refractivity contribution in [2.45, 2.75) is 25.1 Å². The number of thiophene rings is 1. The van der Waals surface area contributed by atoms with Crippen LogP contribution in [0.2, 0.25) is 4.34 Å². The average Bonchev–Trinajstić information content (AvgIpc) is 2.92. The number of halogens is 1. The molecule has 6 nitrogen and oxygen atoms in total. The van der Waals surface area contributed by atoms with E-state index in [2.05, 4.69) is 5.32 Å². The fourth-order valence-electron chi connectivity index (χ4n) is 1.98. The average molecular weight is 305 g/mol. The van der Waals surface area contributed by atoms with Gasteiger partial charge >= 0.3 is 12.0 Å². The van der Waals surface area contributed by atoms with Crippen LogP contribution in [0.25, 0.3) is 0 Å². The SMILES string of the molecule is O=C(O)[C@H]1C[C@@H](O)CN1C(=O)NCc1ccc(Cl)s1. The van der Waals surface area contributed by atoms with Crippen molar-refractivity contribution in [2.75, 3.05) is 6.54 Å². The Bertz CT molecular complexity index is 493. The molecule has 0 unspecified atom stereocenters. The van der Waals surface area contributed by atoms with E-state index in [1.165, 1.54) is 11.3 Å². The Morgan fingerprint density at radius 2 is 2.26 bits per heavy atom. The third-order valence-electron chi connectivity index (χ3n) is 2.87. The van der Waals surface area contributed by atoms with Crippen LogP contribution in [0.1, 0.15) is 11.3 Å². The second-order valence-corrected chi connectivity index (χ2v) is 6.06. The number of amides is 2. The van der Waals surface area contributed by atoms with E-state index < -0.39 is 24.1 Å². The Labute approximate surface area is 118 Å². The fraction of sp³-hybridized carbons (Fsp3) is 0.455. The van der Waals surface area contributed by atoms with Gasteiger partial charge in [-0.15, -0.1) is 11.3 Å². The van der Waals surface area contributed by atoms with Crippen molar-refractivity contribution in [1.82, 2.24) is 10.2 Å². The number of aliphatic carboxylic acids is 1. The quantitative estimate of drug-likeness (QED) is 0.781. The molecule has 19 heavy (non-hydrogen) atoms. The molecule has 0 saturated carbocycles. The maximum atomic E-state index is 11.9. The molecule has 2 heterocycles. The molecular weight excluding hydrogens is 292 g/mol. The lowest BCUT2D eigenvalue weighted by Gasteiger charge is -2.21. The molecule has 0 aliphatic carbocycles. The minimum Gasteiger partial charge on any atom is -0.480 e. The van der Waals surface area contributed by atoms with Gasteiger partial charge in [0.05, 0.1) is 17.0 Å². The third kappa shape index (κ3) is 3.37. The van der Waals surface area contributed by atoms with Gasteiger partial charge in [0.25, 0.3) is 0 Å². The zero-order chi connectivity index (χ0) is 14.0. The molecule has 0 radical (unpaired) electrons. The van der Waals surface area contributed by atoms with Crippen LogP contribution >= 0.6 is 22.9 Å². The lowest BCUT2D eigenvalue weighted by Crippen LogP contribution is -2.45. The van der Waals surface area contributed by atoms with E-state index in [1.807, 2.05) is 0 Å². The standard InChI is InChI=1S/C11H13ClN2O4S/c12-9-2-1-7(19-9)4-13-11(18)14-5-6(15)3-8(14)10(16)17/h1-2,6,8,15H,3-5H2,(H,13,18)(H,16,17)/t6-,8-/m1/s1. The molecule has 2 rings (SSSR count). The van der Waals surface area contributed by atoms with E-state index in [9.17, 15) is 14.7 Å². The van der Waals surface area contributed by atoms with E-state index in [1.54, 1.807) is 12.1 Å². The summed E-state index contributed by atoms with van der Waals surface area (Å²) in [6, 6.07) is 2.06. The first kappa shape index (κ1) is 14.1. The van der Waals surface area contributed by atoms with Gasteiger partial charge in [-0.1, -0.05) is 11.6 Å². The van der Waals surface area contributed by atoms with Crippen molar-refractivity contribution >= 4 is 34.9 Å². The number of aliphatic hydroxyl groups is 1. The van der Waals surface area contributed by atoms with Crippen LogP contribution in [0.4, 0.5) is 4.79 Å². The third-order valence-corrected chi connectivity index (χ3v) is 4.10. The Morgan fingerprint density at radius 3 is 2.84 bits per heavy atom. The summed E-state index contributed by atoms with van der Waals surface area (Å²) in [4.78, 5) is 24.9. The van der Waals surface area contributed by atoms with E-state index in [0.29, 0.717) is 4.34 Å². The molecular formula is C11H13ClN2O4S. The first-order valence-electron chi connectivity index (χ1n) is 5.67. The number of likely N-dealkylation sites (tertiary alicyclic amines) is 1. The first-order chi connectivity index (χ1) is 8.97. The van der Waals surface area contributed by atoms with Crippen LogP contribution in [0.15, 0.2) is 12.1 Å². The molecule has 1 aromatic heterocycles. The smallest absolute Gasteiger partial charge is 0.326 e. The van der Waals surface area contributed by atoms with Gasteiger partial charge < -0.3 is 20.4 Å². The number of rotatable bonds is 3. The zero-order valence-electron chi connectivity index (χ0n) is 9.88. The largest absolute Gasteiger partial charge is 0.480 e. The van der Waals surface area contributed by atoms with Crippen LogP contribution in [-0.2, 0) is 11.3 Å². The lowest BCUT2D eigenvalue weighted by molar-refractivity contribution is -0.141. The van der Waals surface area contributed by atoms with Crippen LogP contribution in [0.5, 0.6) is 0 Å². The molecule has 0 spiro atoms. The van der Waals surface area contributed by atoms with Crippen LogP contribution in [0, 0.1) is 0 Å². The van der Waals surface area contributed by atoms with Crippen molar-refractivity contribution in [2.24, 2.45) is 0 Å². The highest BCUT2D eigenvalue weighted by molar-refractivity contribution is 7.16. The molecule has 1 aliphatic heterocycles. The van der Waals surface area contributed by atoms with Gasteiger partial charge in [0.2, 0.25) is 0 Å². The van der Waals surface area contributed by atoms with Gasteiger partial charge in [-0.25, -0.2) is 9.59 Å². The number of urea groups is 1. The summed E-state index contributed by atoms with van der Waals surface area (Å²) in [6.07, 6.45) is -0.726. The molecule has 1 aliphatic rings. The highest BCUT2D eigenvalue weighted by atomic mass is 35.5. The highest BCUT2D eigenvalue weighted by Gasteiger charge is 2.38. The minimum atomic E-state index is -1.11. The second-order valence-electron chi connectivity index (χ2n) is 4.26. The van der Waals surface area contributed by atoms with Crippen molar-refractivity contribution in [3.63, 3.8) is 0 Å². The number of hydrogen-bond acceptors (Lipinski definition) is 4. The number of nitrogens with one attached hydrogen (secondary N) is 1. The number of hydrogen-bond donors (Lipinski definition) is 3. The molecule has 1 aromatic rings. The highest BCUT2D eigenvalue weighted by Crippen LogP contribution is 2.22. The molecule has 3 N–H and O–H groups in total. The monoisotopic (exact) mass is 304 g/mol. The molecule has 8 heteroatoms. The number of nitrogens with zero attached hydrogens (tertiary/aromatic N) is 1. The number of carboxylic acid groups (broad SMARTS) is 1. The fourth-order valence-corrected chi connectivity index (χ4v) is 3.01. The summed E-state index contributed by atoms with van der Waals surface area (Å²) in [5.74, 6) is -1.11. The van der Waals surface area contributed by atoms with Crippen LogP contribution in [0.3, 0.4) is 0 Å². The van der Waals surface area contributed by atoms with Crippen molar-refractivity contribution in [3.8, 4) is 0 Å². The number of carboxylic acids is 1. The van der Waals surface area contributed by atoms with Gasteiger partial charge in [0.1, 0.15) is 6.04 Å².